The molecule has 0 aliphatic carbocycles. The predicted molar refractivity (Wildman–Crippen MR) is 64.1 cm³/mol. The zero-order valence-electron chi connectivity index (χ0n) is 9.34. The quantitative estimate of drug-likeness (QED) is 0.864. The largest absolute Gasteiger partial charge is 0.328 e. The fraction of sp³-hybridized carbons (Fsp3) is 0.273. The van der Waals surface area contributed by atoms with E-state index < -0.39 is 35.2 Å². The highest BCUT2D eigenvalue weighted by atomic mass is 79.9. The molecular weight excluding hydrogens is 310 g/mol. The number of anilines is 1. The molecule has 0 saturated carbocycles. The Morgan fingerprint density at radius 3 is 2.44 bits per heavy atom. The van der Waals surface area contributed by atoms with Gasteiger partial charge in [-0.1, -0.05) is 22.9 Å². The molecule has 1 aliphatic rings. The number of benzene rings is 1. The van der Waals surface area contributed by atoms with E-state index in [1.807, 2.05) is 5.32 Å². The van der Waals surface area contributed by atoms with Crippen molar-refractivity contribution in [2.24, 2.45) is 5.92 Å². The van der Waals surface area contributed by atoms with Gasteiger partial charge in [-0.25, -0.2) is 13.6 Å². The first-order valence-corrected chi connectivity index (χ1v) is 5.96. The Kier molecular flexibility index (Phi) is 3.34. The first-order chi connectivity index (χ1) is 8.40. The van der Waals surface area contributed by atoms with E-state index in [2.05, 4.69) is 15.9 Å². The van der Waals surface area contributed by atoms with E-state index in [1.165, 1.54) is 0 Å². The van der Waals surface area contributed by atoms with Crippen LogP contribution in [0.25, 0.3) is 0 Å². The van der Waals surface area contributed by atoms with Crippen LogP contribution in [0.2, 0.25) is 0 Å². The van der Waals surface area contributed by atoms with Gasteiger partial charge in [0, 0.05) is 11.0 Å². The van der Waals surface area contributed by atoms with Crippen LogP contribution in [0.1, 0.15) is 6.92 Å². The number of nitrogens with zero attached hydrogens (tertiary/aromatic N) is 1. The van der Waals surface area contributed by atoms with E-state index in [9.17, 15) is 18.4 Å². The van der Waals surface area contributed by atoms with Crippen molar-refractivity contribution in [2.75, 3.05) is 11.4 Å². The second-order valence-corrected chi connectivity index (χ2v) is 4.94. The van der Waals surface area contributed by atoms with Crippen LogP contribution in [-0.4, -0.2) is 18.5 Å². The standard InChI is InChI=1S/C11H9BrF2N2O2/c1-5-4-16(11(18)15-10(5)17)9-7(13)2-6(12)3-8(9)14/h2-3,5H,4H2,1H3,(H,15,17,18). The number of carbonyl (C=O) groups is 2. The minimum absolute atomic E-state index is 0.0554. The van der Waals surface area contributed by atoms with Gasteiger partial charge < -0.3 is 0 Å². The highest BCUT2D eigenvalue weighted by Crippen LogP contribution is 2.29. The SMILES string of the molecule is CC1CN(c2c(F)cc(Br)cc2F)C(=O)NC1=O. The molecule has 96 valence electrons. The summed E-state index contributed by atoms with van der Waals surface area (Å²) in [7, 11) is 0. The van der Waals surface area contributed by atoms with Gasteiger partial charge in [0.25, 0.3) is 0 Å². The third kappa shape index (κ3) is 2.22. The fourth-order valence-electron chi connectivity index (χ4n) is 1.72. The van der Waals surface area contributed by atoms with E-state index in [0.29, 0.717) is 0 Å². The lowest BCUT2D eigenvalue weighted by Crippen LogP contribution is -2.54. The van der Waals surface area contributed by atoms with Gasteiger partial charge in [0.1, 0.15) is 5.69 Å². The van der Waals surface area contributed by atoms with Gasteiger partial charge in [-0.3, -0.25) is 15.0 Å². The summed E-state index contributed by atoms with van der Waals surface area (Å²) in [5, 5.41) is 2.05. The second kappa shape index (κ2) is 4.64. The molecule has 1 N–H and O–H groups in total. The summed E-state index contributed by atoms with van der Waals surface area (Å²) in [5.74, 6) is -2.70. The minimum atomic E-state index is -0.862. The van der Waals surface area contributed by atoms with Crippen molar-refractivity contribution in [1.29, 1.82) is 0 Å². The zero-order valence-corrected chi connectivity index (χ0v) is 10.9. The number of halogens is 3. The lowest BCUT2D eigenvalue weighted by molar-refractivity contribution is -0.123. The molecule has 2 rings (SSSR count). The average Bonchev–Trinajstić information content (AvgIpc) is 2.24. The third-order valence-corrected chi connectivity index (χ3v) is 3.09. The molecule has 1 unspecified atom stereocenters. The summed E-state index contributed by atoms with van der Waals surface area (Å²) in [5.41, 5.74) is -0.449. The number of hydrogen-bond acceptors (Lipinski definition) is 2. The van der Waals surface area contributed by atoms with Crippen LogP contribution in [0.3, 0.4) is 0 Å². The molecule has 1 fully saturated rings. The van der Waals surface area contributed by atoms with Crippen molar-refractivity contribution in [3.8, 4) is 0 Å². The molecule has 1 atom stereocenters. The number of amides is 3. The second-order valence-electron chi connectivity index (χ2n) is 4.02. The van der Waals surface area contributed by atoms with Gasteiger partial charge in [0.15, 0.2) is 11.6 Å². The highest BCUT2D eigenvalue weighted by molar-refractivity contribution is 9.10. The lowest BCUT2D eigenvalue weighted by Gasteiger charge is -2.30. The van der Waals surface area contributed by atoms with Gasteiger partial charge >= 0.3 is 6.03 Å². The number of rotatable bonds is 1. The Bertz CT molecular complexity index is 513. The summed E-state index contributed by atoms with van der Waals surface area (Å²) in [6.07, 6.45) is 0. The van der Waals surface area contributed by atoms with E-state index in [0.717, 1.165) is 17.0 Å². The molecule has 0 radical (unpaired) electrons. The molecule has 3 amide bonds. The van der Waals surface area contributed by atoms with Crippen LogP contribution in [0.15, 0.2) is 16.6 Å². The van der Waals surface area contributed by atoms with Crippen molar-refractivity contribution in [3.63, 3.8) is 0 Å². The summed E-state index contributed by atoms with van der Waals surface area (Å²) < 4.78 is 27.7. The van der Waals surface area contributed by atoms with Crippen LogP contribution >= 0.6 is 15.9 Å². The summed E-state index contributed by atoms with van der Waals surface area (Å²) >= 11 is 2.95. The maximum absolute atomic E-state index is 13.7. The number of hydrogen-bond donors (Lipinski definition) is 1. The molecular formula is C11H9BrF2N2O2. The Labute approximate surface area is 110 Å². The van der Waals surface area contributed by atoms with Crippen molar-refractivity contribution in [3.05, 3.63) is 28.2 Å². The molecule has 4 nitrogen and oxygen atoms in total. The molecule has 0 aromatic heterocycles. The van der Waals surface area contributed by atoms with Gasteiger partial charge in [0.2, 0.25) is 5.91 Å². The van der Waals surface area contributed by atoms with Gasteiger partial charge in [-0.15, -0.1) is 0 Å². The maximum Gasteiger partial charge on any atom is 0.328 e. The molecule has 1 aromatic rings. The normalized spacial score (nSPS) is 20.0. The molecule has 1 heterocycles. The van der Waals surface area contributed by atoms with E-state index in [4.69, 9.17) is 0 Å². The van der Waals surface area contributed by atoms with Crippen molar-refractivity contribution >= 4 is 33.6 Å². The van der Waals surface area contributed by atoms with Crippen LogP contribution in [0.4, 0.5) is 19.3 Å². The summed E-state index contributed by atoms with van der Waals surface area (Å²) in [6.45, 7) is 1.52. The highest BCUT2D eigenvalue weighted by Gasteiger charge is 2.33. The predicted octanol–water partition coefficient (Wildman–Crippen LogP) is 2.42. The van der Waals surface area contributed by atoms with Crippen molar-refractivity contribution in [2.45, 2.75) is 6.92 Å². The van der Waals surface area contributed by atoms with Crippen LogP contribution < -0.4 is 10.2 Å². The summed E-state index contributed by atoms with van der Waals surface area (Å²) in [4.78, 5) is 23.7. The Balaban J connectivity index is 2.43. The van der Waals surface area contributed by atoms with Crippen LogP contribution in [0, 0.1) is 17.6 Å². The van der Waals surface area contributed by atoms with Crippen molar-refractivity contribution in [1.82, 2.24) is 5.32 Å². The fourth-order valence-corrected chi connectivity index (χ4v) is 2.12. The van der Waals surface area contributed by atoms with Gasteiger partial charge in [-0.2, -0.15) is 0 Å². The Hall–Kier alpha value is -1.50. The molecule has 1 saturated heterocycles. The van der Waals surface area contributed by atoms with Crippen LogP contribution in [0.5, 0.6) is 0 Å². The molecule has 1 aromatic carbocycles. The Morgan fingerprint density at radius 1 is 1.33 bits per heavy atom. The van der Waals surface area contributed by atoms with E-state index >= 15 is 0 Å². The number of urea groups is 1. The first kappa shape index (κ1) is 12.9. The van der Waals surface area contributed by atoms with Gasteiger partial charge in [-0.05, 0) is 12.1 Å². The third-order valence-electron chi connectivity index (χ3n) is 2.63. The molecule has 7 heteroatoms. The topological polar surface area (TPSA) is 49.4 Å². The average molecular weight is 319 g/mol. The minimum Gasteiger partial charge on any atom is -0.288 e. The molecule has 1 aliphatic heterocycles. The molecule has 0 bridgehead atoms. The zero-order chi connectivity index (χ0) is 13.4. The molecule has 18 heavy (non-hydrogen) atoms. The van der Waals surface area contributed by atoms with Crippen molar-refractivity contribution < 1.29 is 18.4 Å². The molecule has 0 spiro atoms. The first-order valence-electron chi connectivity index (χ1n) is 5.17. The Morgan fingerprint density at radius 2 is 1.89 bits per heavy atom. The maximum atomic E-state index is 13.7. The lowest BCUT2D eigenvalue weighted by atomic mass is 10.1. The summed E-state index contributed by atoms with van der Waals surface area (Å²) in [6, 6.07) is 1.30. The van der Waals surface area contributed by atoms with Gasteiger partial charge in [0.05, 0.1) is 5.92 Å². The number of imide groups is 1. The number of nitrogens with one attached hydrogen (secondary N) is 1. The monoisotopic (exact) mass is 318 g/mol. The van der Waals surface area contributed by atoms with E-state index in [1.54, 1.807) is 6.92 Å². The smallest absolute Gasteiger partial charge is 0.288 e. The van der Waals surface area contributed by atoms with Crippen LogP contribution in [-0.2, 0) is 4.79 Å². The number of carbonyl (C=O) groups excluding carboxylic acids is 2. The van der Waals surface area contributed by atoms with E-state index in [-0.39, 0.29) is 11.0 Å².